The molecule has 0 N–H and O–H groups in total. The molecule has 5 nitrogen and oxygen atoms in total. The van der Waals surface area contributed by atoms with Crippen molar-refractivity contribution < 1.29 is 4.42 Å². The van der Waals surface area contributed by atoms with Crippen LogP contribution >= 0.6 is 0 Å². The first-order chi connectivity index (χ1) is 23.3. The molecule has 47 heavy (non-hydrogen) atoms. The monoisotopic (exact) mass is 602 g/mol. The highest BCUT2D eigenvalue weighted by atomic mass is 16.3. The van der Waals surface area contributed by atoms with E-state index in [4.69, 9.17) is 24.4 Å². The van der Waals surface area contributed by atoms with E-state index >= 15 is 0 Å². The zero-order chi connectivity index (χ0) is 31.2. The van der Waals surface area contributed by atoms with Crippen LogP contribution in [-0.4, -0.2) is 19.9 Å². The smallest absolute Gasteiger partial charge is 0.164 e. The molecule has 5 heteroatoms. The lowest BCUT2D eigenvalue weighted by molar-refractivity contribution is 0.672. The topological polar surface area (TPSA) is 64.7 Å². The van der Waals surface area contributed by atoms with Crippen LogP contribution in [-0.2, 0) is 0 Å². The largest absolute Gasteiger partial charge is 0.455 e. The molecule has 0 aliphatic rings. The molecule has 0 radical (unpaired) electrons. The van der Waals surface area contributed by atoms with Crippen molar-refractivity contribution in [1.82, 2.24) is 19.9 Å². The van der Waals surface area contributed by atoms with Crippen molar-refractivity contribution in [2.45, 2.75) is 0 Å². The fraction of sp³-hybridized carbons (Fsp3) is 0. The lowest BCUT2D eigenvalue weighted by atomic mass is 10.0. The van der Waals surface area contributed by atoms with Crippen LogP contribution < -0.4 is 0 Å². The summed E-state index contributed by atoms with van der Waals surface area (Å²) in [5, 5.41) is 3.00. The minimum Gasteiger partial charge on any atom is -0.455 e. The van der Waals surface area contributed by atoms with Gasteiger partial charge in [0.2, 0.25) is 0 Å². The second-order valence-electron chi connectivity index (χ2n) is 11.5. The molecule has 0 amide bonds. The number of para-hydroxylation sites is 1. The fourth-order valence-electron chi connectivity index (χ4n) is 6.20. The summed E-state index contributed by atoms with van der Waals surface area (Å²) >= 11 is 0. The summed E-state index contributed by atoms with van der Waals surface area (Å²) < 4.78 is 6.49. The summed E-state index contributed by atoms with van der Waals surface area (Å²) in [6.45, 7) is 0. The summed E-state index contributed by atoms with van der Waals surface area (Å²) in [7, 11) is 0. The van der Waals surface area contributed by atoms with E-state index in [2.05, 4.69) is 66.7 Å². The van der Waals surface area contributed by atoms with Crippen LogP contribution in [0.4, 0.5) is 0 Å². The third-order valence-electron chi connectivity index (χ3n) is 8.53. The van der Waals surface area contributed by atoms with E-state index in [0.29, 0.717) is 17.5 Å². The Hall–Kier alpha value is -6.46. The van der Waals surface area contributed by atoms with E-state index in [1.165, 1.54) is 0 Å². The molecule has 9 rings (SSSR count). The van der Waals surface area contributed by atoms with Gasteiger partial charge in [-0.1, -0.05) is 140 Å². The summed E-state index contributed by atoms with van der Waals surface area (Å²) in [5.41, 5.74) is 9.37. The van der Waals surface area contributed by atoms with Gasteiger partial charge in [0.05, 0.1) is 16.6 Å². The molecule has 0 aliphatic carbocycles. The number of fused-ring (bicyclic) bond motifs is 5. The molecule has 0 atom stereocenters. The maximum Gasteiger partial charge on any atom is 0.164 e. The molecule has 0 saturated heterocycles. The van der Waals surface area contributed by atoms with E-state index in [9.17, 15) is 0 Å². The Labute approximate surface area is 270 Å². The average molecular weight is 603 g/mol. The molecule has 9 aromatic rings. The van der Waals surface area contributed by atoms with Gasteiger partial charge in [-0.25, -0.2) is 19.9 Å². The lowest BCUT2D eigenvalue weighted by Crippen LogP contribution is -2.00. The van der Waals surface area contributed by atoms with Crippen LogP contribution in [0.3, 0.4) is 0 Å². The molecule has 0 unspecified atom stereocenters. The second kappa shape index (κ2) is 11.2. The highest BCUT2D eigenvalue weighted by Crippen LogP contribution is 2.40. The minimum absolute atomic E-state index is 0.579. The Morgan fingerprint density at radius 1 is 0.362 bits per heavy atom. The zero-order valence-electron chi connectivity index (χ0n) is 25.2. The van der Waals surface area contributed by atoms with Crippen molar-refractivity contribution in [2.24, 2.45) is 0 Å². The standard InChI is InChI=1S/C42H26N4O/c1-4-12-27(13-5-1)28-20-22-31(23-21-28)41-44-40(30-16-8-3-9-17-30)45-42(46-41)32-24-25-33-35(26-32)43-38(29-14-6-2-7-15-29)37-34-18-10-11-19-36(34)47-39(33)37/h1-26H. The predicted molar refractivity (Wildman–Crippen MR) is 190 cm³/mol. The molecule has 3 heterocycles. The highest BCUT2D eigenvalue weighted by Gasteiger charge is 2.19. The number of benzene rings is 6. The predicted octanol–water partition coefficient (Wildman–Crippen LogP) is 10.7. The molecule has 0 saturated carbocycles. The van der Waals surface area contributed by atoms with Crippen molar-refractivity contribution in [3.63, 3.8) is 0 Å². The van der Waals surface area contributed by atoms with Gasteiger partial charge in [-0.05, 0) is 29.3 Å². The maximum absolute atomic E-state index is 6.49. The van der Waals surface area contributed by atoms with E-state index < -0.39 is 0 Å². The minimum atomic E-state index is 0.579. The number of furan rings is 1. The summed E-state index contributed by atoms with van der Waals surface area (Å²) in [5.74, 6) is 1.80. The van der Waals surface area contributed by atoms with Crippen LogP contribution in [0.5, 0.6) is 0 Å². The quantitative estimate of drug-likeness (QED) is 0.196. The molecule has 6 aromatic carbocycles. The van der Waals surface area contributed by atoms with Gasteiger partial charge in [0.25, 0.3) is 0 Å². The average Bonchev–Trinajstić information content (AvgIpc) is 3.55. The van der Waals surface area contributed by atoms with Gasteiger partial charge in [-0.15, -0.1) is 0 Å². The molecule has 3 aromatic heterocycles. The van der Waals surface area contributed by atoms with Crippen LogP contribution in [0, 0.1) is 0 Å². The van der Waals surface area contributed by atoms with Crippen LogP contribution in [0.25, 0.3) is 89.4 Å². The van der Waals surface area contributed by atoms with Gasteiger partial charge >= 0.3 is 0 Å². The fourth-order valence-corrected chi connectivity index (χ4v) is 6.20. The number of hydrogen-bond acceptors (Lipinski definition) is 5. The number of rotatable bonds is 5. The third-order valence-corrected chi connectivity index (χ3v) is 8.53. The van der Waals surface area contributed by atoms with Gasteiger partial charge in [-0.3, -0.25) is 0 Å². The second-order valence-corrected chi connectivity index (χ2v) is 11.5. The van der Waals surface area contributed by atoms with Gasteiger partial charge < -0.3 is 4.42 Å². The molecule has 0 fully saturated rings. The molecule has 220 valence electrons. The van der Waals surface area contributed by atoms with Crippen molar-refractivity contribution in [1.29, 1.82) is 0 Å². The SMILES string of the molecule is c1ccc(-c2ccc(-c3nc(-c4ccccc4)nc(-c4ccc5c(c4)nc(-c4ccccc4)c4c6ccccc6oc54)n3)cc2)cc1. The Bertz CT molecular complexity index is 2540. The van der Waals surface area contributed by atoms with Crippen LogP contribution in [0.15, 0.2) is 162 Å². The highest BCUT2D eigenvalue weighted by molar-refractivity contribution is 6.19. The van der Waals surface area contributed by atoms with E-state index in [0.717, 1.165) is 71.9 Å². The first-order valence-electron chi connectivity index (χ1n) is 15.6. The van der Waals surface area contributed by atoms with Crippen molar-refractivity contribution in [3.8, 4) is 56.5 Å². The first kappa shape index (κ1) is 26.9. The van der Waals surface area contributed by atoms with E-state index in [1.54, 1.807) is 0 Å². The first-order valence-corrected chi connectivity index (χ1v) is 15.6. The van der Waals surface area contributed by atoms with Crippen molar-refractivity contribution >= 4 is 32.8 Å². The molecular weight excluding hydrogens is 576 g/mol. The maximum atomic E-state index is 6.49. The Balaban J connectivity index is 1.23. The lowest BCUT2D eigenvalue weighted by Gasteiger charge is -2.10. The Morgan fingerprint density at radius 2 is 0.851 bits per heavy atom. The Kier molecular flexibility index (Phi) is 6.39. The van der Waals surface area contributed by atoms with E-state index in [1.807, 2.05) is 91.0 Å². The molecular formula is C42H26N4O. The summed E-state index contributed by atoms with van der Waals surface area (Å²) in [4.78, 5) is 20.2. The van der Waals surface area contributed by atoms with Crippen LogP contribution in [0.2, 0.25) is 0 Å². The normalized spacial score (nSPS) is 11.4. The van der Waals surface area contributed by atoms with Gasteiger partial charge in [0.15, 0.2) is 17.5 Å². The number of nitrogens with zero attached hydrogens (tertiary/aromatic N) is 4. The van der Waals surface area contributed by atoms with Crippen molar-refractivity contribution in [2.75, 3.05) is 0 Å². The van der Waals surface area contributed by atoms with Gasteiger partial charge in [0.1, 0.15) is 11.2 Å². The Morgan fingerprint density at radius 3 is 1.53 bits per heavy atom. The number of pyridine rings is 1. The summed E-state index contributed by atoms with van der Waals surface area (Å²) in [6, 6.07) is 53.3. The van der Waals surface area contributed by atoms with Crippen molar-refractivity contribution in [3.05, 3.63) is 158 Å². The molecule has 0 bridgehead atoms. The van der Waals surface area contributed by atoms with Gasteiger partial charge in [-0.2, -0.15) is 0 Å². The third kappa shape index (κ3) is 4.82. The zero-order valence-corrected chi connectivity index (χ0v) is 25.2. The molecule has 0 spiro atoms. The number of hydrogen-bond donors (Lipinski definition) is 0. The van der Waals surface area contributed by atoms with Gasteiger partial charge in [0, 0.05) is 33.0 Å². The molecule has 0 aliphatic heterocycles. The van der Waals surface area contributed by atoms with Crippen LogP contribution in [0.1, 0.15) is 0 Å². The number of aromatic nitrogens is 4. The van der Waals surface area contributed by atoms with E-state index in [-0.39, 0.29) is 0 Å². The summed E-state index contributed by atoms with van der Waals surface area (Å²) in [6.07, 6.45) is 0.